The minimum atomic E-state index is -0.345. The summed E-state index contributed by atoms with van der Waals surface area (Å²) in [6.07, 6.45) is 0.387. The van der Waals surface area contributed by atoms with E-state index in [1.807, 2.05) is 19.1 Å². The van der Waals surface area contributed by atoms with Gasteiger partial charge in [0.25, 0.3) is 5.91 Å². The van der Waals surface area contributed by atoms with Crippen molar-refractivity contribution < 1.29 is 13.9 Å². The summed E-state index contributed by atoms with van der Waals surface area (Å²) in [4.78, 5) is 13.8. The molecule has 100 valence electrons. The largest absolute Gasteiger partial charge is 0.466 e. The van der Waals surface area contributed by atoms with E-state index in [1.165, 1.54) is 0 Å². The fourth-order valence-electron chi connectivity index (χ4n) is 1.98. The summed E-state index contributed by atoms with van der Waals surface area (Å²) < 4.78 is 10.9. The van der Waals surface area contributed by atoms with Gasteiger partial charge in [0.05, 0.1) is 6.61 Å². The van der Waals surface area contributed by atoms with E-state index in [9.17, 15) is 4.79 Å². The highest BCUT2D eigenvalue weighted by molar-refractivity contribution is 5.81. The molecular formula is C13H20N2O3. The molecule has 0 saturated carbocycles. The first-order valence-corrected chi connectivity index (χ1v) is 6.29. The number of amides is 1. The molecule has 0 aliphatic carbocycles. The van der Waals surface area contributed by atoms with Crippen LogP contribution in [0.2, 0.25) is 0 Å². The quantitative estimate of drug-likeness (QED) is 0.851. The van der Waals surface area contributed by atoms with Crippen LogP contribution in [-0.4, -0.2) is 50.2 Å². The number of morpholine rings is 1. The van der Waals surface area contributed by atoms with Crippen LogP contribution in [0.15, 0.2) is 16.5 Å². The number of likely N-dealkylation sites (N-methyl/N-ethyl adjacent to an activating group) is 1. The van der Waals surface area contributed by atoms with E-state index in [1.54, 1.807) is 11.9 Å². The molecule has 2 heterocycles. The lowest BCUT2D eigenvalue weighted by atomic mass is 10.2. The number of aryl methyl sites for hydroxylation is 1. The van der Waals surface area contributed by atoms with Crippen molar-refractivity contribution >= 4 is 5.91 Å². The number of ether oxygens (including phenoxy) is 1. The predicted octanol–water partition coefficient (Wildman–Crippen LogP) is 0.577. The number of nitrogens with zero attached hydrogens (tertiary/aromatic N) is 1. The van der Waals surface area contributed by atoms with E-state index < -0.39 is 0 Å². The Morgan fingerprint density at radius 1 is 1.56 bits per heavy atom. The standard InChI is InChI=1S/C13H20N2O3/c1-10-3-4-11(18-10)5-7-15(2)13(16)12-9-14-6-8-17-12/h3-4,12,14H,5-9H2,1-2H3. The van der Waals surface area contributed by atoms with Gasteiger partial charge in [-0.15, -0.1) is 0 Å². The van der Waals surface area contributed by atoms with Gasteiger partial charge in [0, 0.05) is 33.1 Å². The number of furan rings is 1. The molecule has 0 bridgehead atoms. The van der Waals surface area contributed by atoms with Crippen molar-refractivity contribution in [3.8, 4) is 0 Å². The molecule has 1 aromatic rings. The number of carbonyl (C=O) groups excluding carboxylic acids is 1. The maximum atomic E-state index is 12.1. The fourth-order valence-corrected chi connectivity index (χ4v) is 1.98. The predicted molar refractivity (Wildman–Crippen MR) is 67.4 cm³/mol. The highest BCUT2D eigenvalue weighted by Gasteiger charge is 2.24. The minimum absolute atomic E-state index is 0.0329. The van der Waals surface area contributed by atoms with E-state index in [0.29, 0.717) is 19.7 Å². The molecule has 2 rings (SSSR count). The van der Waals surface area contributed by atoms with Crippen molar-refractivity contribution in [1.82, 2.24) is 10.2 Å². The summed E-state index contributed by atoms with van der Waals surface area (Å²) in [5.74, 6) is 1.85. The van der Waals surface area contributed by atoms with Crippen LogP contribution in [0.25, 0.3) is 0 Å². The van der Waals surface area contributed by atoms with Gasteiger partial charge in [-0.2, -0.15) is 0 Å². The van der Waals surface area contributed by atoms with Crippen LogP contribution in [0.5, 0.6) is 0 Å². The normalized spacial score (nSPS) is 19.8. The molecule has 1 saturated heterocycles. The van der Waals surface area contributed by atoms with Crippen LogP contribution >= 0.6 is 0 Å². The Morgan fingerprint density at radius 3 is 3.00 bits per heavy atom. The third-order valence-electron chi connectivity index (χ3n) is 3.07. The Bertz CT molecular complexity index is 397. The molecule has 1 aliphatic rings. The summed E-state index contributed by atoms with van der Waals surface area (Å²) in [6.45, 7) is 4.58. The monoisotopic (exact) mass is 252 g/mol. The van der Waals surface area contributed by atoms with Gasteiger partial charge in [0.1, 0.15) is 17.6 Å². The highest BCUT2D eigenvalue weighted by Crippen LogP contribution is 2.08. The lowest BCUT2D eigenvalue weighted by molar-refractivity contribution is -0.143. The van der Waals surface area contributed by atoms with Crippen molar-refractivity contribution in [3.63, 3.8) is 0 Å². The van der Waals surface area contributed by atoms with Crippen LogP contribution in [0.4, 0.5) is 0 Å². The van der Waals surface area contributed by atoms with Crippen molar-refractivity contribution in [2.24, 2.45) is 0 Å². The van der Waals surface area contributed by atoms with Gasteiger partial charge in [-0.25, -0.2) is 0 Å². The van der Waals surface area contributed by atoms with Crippen LogP contribution in [-0.2, 0) is 16.0 Å². The number of hydrogen-bond donors (Lipinski definition) is 1. The number of nitrogens with one attached hydrogen (secondary N) is 1. The zero-order valence-electron chi connectivity index (χ0n) is 10.9. The fraction of sp³-hybridized carbons (Fsp3) is 0.615. The number of rotatable bonds is 4. The number of hydrogen-bond acceptors (Lipinski definition) is 4. The van der Waals surface area contributed by atoms with Crippen molar-refractivity contribution in [1.29, 1.82) is 0 Å². The molecule has 0 radical (unpaired) electrons. The van der Waals surface area contributed by atoms with Gasteiger partial charge in [0.2, 0.25) is 0 Å². The Hall–Kier alpha value is -1.33. The maximum Gasteiger partial charge on any atom is 0.252 e. The van der Waals surface area contributed by atoms with Gasteiger partial charge >= 0.3 is 0 Å². The smallest absolute Gasteiger partial charge is 0.252 e. The van der Waals surface area contributed by atoms with E-state index in [0.717, 1.165) is 24.5 Å². The lowest BCUT2D eigenvalue weighted by Gasteiger charge is -2.27. The third-order valence-corrected chi connectivity index (χ3v) is 3.07. The van der Waals surface area contributed by atoms with E-state index in [4.69, 9.17) is 9.15 Å². The molecule has 1 unspecified atom stereocenters. The summed E-state index contributed by atoms with van der Waals surface area (Å²) in [5.41, 5.74) is 0. The molecule has 5 nitrogen and oxygen atoms in total. The second-order valence-corrected chi connectivity index (χ2v) is 4.59. The van der Waals surface area contributed by atoms with E-state index >= 15 is 0 Å². The van der Waals surface area contributed by atoms with Crippen molar-refractivity contribution in [2.45, 2.75) is 19.4 Å². The average molecular weight is 252 g/mol. The topological polar surface area (TPSA) is 54.7 Å². The molecule has 1 atom stereocenters. The molecule has 1 amide bonds. The first-order chi connectivity index (χ1) is 8.66. The second kappa shape index (κ2) is 6.02. The van der Waals surface area contributed by atoms with Gasteiger partial charge in [-0.1, -0.05) is 0 Å². The molecule has 1 aromatic heterocycles. The molecular weight excluding hydrogens is 232 g/mol. The first kappa shape index (κ1) is 13.1. The molecule has 0 aromatic carbocycles. The summed E-state index contributed by atoms with van der Waals surface area (Å²) in [7, 11) is 1.80. The SMILES string of the molecule is Cc1ccc(CCN(C)C(=O)C2CNCCO2)o1. The number of carbonyl (C=O) groups is 1. The summed E-state index contributed by atoms with van der Waals surface area (Å²) in [6, 6.07) is 3.89. The van der Waals surface area contributed by atoms with Crippen molar-refractivity contribution in [2.75, 3.05) is 33.3 Å². The Balaban J connectivity index is 1.79. The third kappa shape index (κ3) is 3.34. The van der Waals surface area contributed by atoms with Crippen LogP contribution in [0, 0.1) is 6.92 Å². The van der Waals surface area contributed by atoms with E-state index in [-0.39, 0.29) is 12.0 Å². The Kier molecular flexibility index (Phi) is 4.38. The Morgan fingerprint density at radius 2 is 2.39 bits per heavy atom. The average Bonchev–Trinajstić information content (AvgIpc) is 2.82. The summed E-state index contributed by atoms with van der Waals surface area (Å²) in [5, 5.41) is 3.16. The highest BCUT2D eigenvalue weighted by atomic mass is 16.5. The lowest BCUT2D eigenvalue weighted by Crippen LogP contribution is -2.48. The molecule has 1 N–H and O–H groups in total. The van der Waals surface area contributed by atoms with Crippen LogP contribution in [0.3, 0.4) is 0 Å². The van der Waals surface area contributed by atoms with Gasteiger partial charge in [-0.05, 0) is 19.1 Å². The van der Waals surface area contributed by atoms with Gasteiger partial charge in [0.15, 0.2) is 0 Å². The van der Waals surface area contributed by atoms with Crippen LogP contribution in [0.1, 0.15) is 11.5 Å². The van der Waals surface area contributed by atoms with E-state index in [2.05, 4.69) is 5.32 Å². The molecule has 1 fully saturated rings. The molecule has 1 aliphatic heterocycles. The molecule has 18 heavy (non-hydrogen) atoms. The first-order valence-electron chi connectivity index (χ1n) is 6.29. The zero-order chi connectivity index (χ0) is 13.0. The maximum absolute atomic E-state index is 12.1. The van der Waals surface area contributed by atoms with Gasteiger partial charge < -0.3 is 19.4 Å². The van der Waals surface area contributed by atoms with Crippen molar-refractivity contribution in [3.05, 3.63) is 23.7 Å². The minimum Gasteiger partial charge on any atom is -0.466 e. The Labute approximate surface area is 107 Å². The summed E-state index contributed by atoms with van der Waals surface area (Å²) >= 11 is 0. The zero-order valence-corrected chi connectivity index (χ0v) is 10.9. The van der Waals surface area contributed by atoms with Crippen LogP contribution < -0.4 is 5.32 Å². The molecule has 5 heteroatoms. The second-order valence-electron chi connectivity index (χ2n) is 4.59. The van der Waals surface area contributed by atoms with Gasteiger partial charge in [-0.3, -0.25) is 4.79 Å². The molecule has 0 spiro atoms.